The van der Waals surface area contributed by atoms with Crippen molar-refractivity contribution in [3.8, 4) is 0 Å². The van der Waals surface area contributed by atoms with Crippen LogP contribution in [0.4, 0.5) is 13.2 Å². The molecule has 0 aliphatic heterocycles. The zero-order chi connectivity index (χ0) is 13.3. The van der Waals surface area contributed by atoms with Crippen LogP contribution in [-0.4, -0.2) is 29.3 Å². The molecule has 0 aromatic carbocycles. The Hall–Kier alpha value is 0.537. The van der Waals surface area contributed by atoms with Gasteiger partial charge in [0.05, 0.1) is 5.34 Å². The average Bonchev–Trinajstić information content (AvgIpc) is 1.81. The van der Waals surface area contributed by atoms with Crippen molar-refractivity contribution >= 4 is 51.2 Å². The molecule has 0 saturated heterocycles. The molecular formula is C6H12BrCl2F3O2Si. The van der Waals surface area contributed by atoms with Crippen LogP contribution in [0.25, 0.3) is 0 Å². The van der Waals surface area contributed by atoms with Gasteiger partial charge in [-0.3, -0.25) is 0 Å². The molecule has 0 spiro atoms. The van der Waals surface area contributed by atoms with Crippen molar-refractivity contribution in [2.24, 2.45) is 0 Å². The summed E-state index contributed by atoms with van der Waals surface area (Å²) in [7, 11) is 0. The largest absolute Gasteiger partial charge is 0.490 e. The molecule has 0 unspecified atom stereocenters. The summed E-state index contributed by atoms with van der Waals surface area (Å²) in [5.74, 6) is -2.76. The number of carboxylic acid groups (broad SMARTS) is 1. The van der Waals surface area contributed by atoms with Crippen LogP contribution in [0.1, 0.15) is 0 Å². The van der Waals surface area contributed by atoms with Gasteiger partial charge in [0.15, 0.2) is 0 Å². The molecule has 15 heavy (non-hydrogen) atoms. The van der Waals surface area contributed by atoms with Gasteiger partial charge in [-0.15, -0.1) is 38.5 Å². The van der Waals surface area contributed by atoms with Gasteiger partial charge in [0.25, 0.3) is 0 Å². The molecular weight excluding hydrogens is 340 g/mol. The van der Waals surface area contributed by atoms with Crippen LogP contribution >= 0.6 is 38.5 Å². The molecule has 2 nitrogen and oxygen atoms in total. The number of hydrogen-bond acceptors (Lipinski definition) is 1. The fourth-order valence-corrected chi connectivity index (χ4v) is 0. The van der Waals surface area contributed by atoms with E-state index in [-0.39, 0.29) is 5.34 Å². The summed E-state index contributed by atoms with van der Waals surface area (Å²) in [6, 6.07) is 0. The van der Waals surface area contributed by atoms with E-state index in [1.807, 2.05) is 0 Å². The first-order valence-corrected chi connectivity index (χ1v) is 10.3. The van der Waals surface area contributed by atoms with Crippen LogP contribution in [0, 0.1) is 0 Å². The van der Waals surface area contributed by atoms with Gasteiger partial charge in [-0.1, -0.05) is 19.6 Å². The lowest BCUT2D eigenvalue weighted by atomic mass is 10.7. The zero-order valence-electron chi connectivity index (χ0n) is 8.33. The molecule has 94 valence electrons. The Morgan fingerprint density at radius 2 is 1.40 bits per heavy atom. The smallest absolute Gasteiger partial charge is 0.475 e. The minimum absolute atomic E-state index is 0.194. The second kappa shape index (κ2) is 9.74. The van der Waals surface area contributed by atoms with E-state index >= 15 is 0 Å². The molecule has 0 radical (unpaired) electrons. The van der Waals surface area contributed by atoms with Crippen LogP contribution in [0.3, 0.4) is 0 Å². The van der Waals surface area contributed by atoms with Gasteiger partial charge >= 0.3 is 12.1 Å². The second-order valence-electron chi connectivity index (χ2n) is 2.97. The summed E-state index contributed by atoms with van der Waals surface area (Å²) in [6.07, 6.45) is -5.08. The first-order chi connectivity index (χ1) is 6.36. The van der Waals surface area contributed by atoms with E-state index in [0.29, 0.717) is 0 Å². The highest BCUT2D eigenvalue weighted by atomic mass is 79.9. The molecule has 0 saturated carbocycles. The number of hydrogen-bond donors (Lipinski definition) is 1. The van der Waals surface area contributed by atoms with Gasteiger partial charge in [0.1, 0.15) is 6.69 Å². The van der Waals surface area contributed by atoms with Crippen LogP contribution in [0.2, 0.25) is 19.6 Å². The third-order valence-corrected chi connectivity index (χ3v) is 0.243. The number of rotatable bonds is 0. The van der Waals surface area contributed by atoms with Crippen LogP contribution in [0.5, 0.6) is 0 Å². The van der Waals surface area contributed by atoms with E-state index in [9.17, 15) is 13.2 Å². The van der Waals surface area contributed by atoms with Crippen molar-refractivity contribution < 1.29 is 23.1 Å². The quantitative estimate of drug-likeness (QED) is 0.402. The Balaban J connectivity index is -0.000000158. The predicted octanol–water partition coefficient (Wildman–Crippen LogP) is 4.27. The van der Waals surface area contributed by atoms with Crippen molar-refractivity contribution in [2.45, 2.75) is 25.8 Å². The van der Waals surface area contributed by atoms with Crippen LogP contribution in [-0.2, 0) is 4.79 Å². The first kappa shape index (κ1) is 20.9. The van der Waals surface area contributed by atoms with Gasteiger partial charge in [0, 0.05) is 0 Å². The Morgan fingerprint density at radius 3 is 1.40 bits per heavy atom. The summed E-state index contributed by atoms with van der Waals surface area (Å²) in [5.41, 5.74) is 0. The lowest BCUT2D eigenvalue weighted by Gasteiger charge is -1.98. The molecule has 0 aliphatic rings. The highest BCUT2D eigenvalue weighted by molar-refractivity contribution is 9.26. The molecule has 0 heterocycles. The molecule has 0 fully saturated rings. The third kappa shape index (κ3) is 53.5. The molecule has 9 heteroatoms. The van der Waals surface area contributed by atoms with Gasteiger partial charge in [-0.05, 0) is 0 Å². The lowest BCUT2D eigenvalue weighted by Crippen LogP contribution is -2.21. The van der Waals surface area contributed by atoms with Crippen LogP contribution < -0.4 is 0 Å². The minimum atomic E-state index is -5.08. The average molecular weight is 352 g/mol. The van der Waals surface area contributed by atoms with Gasteiger partial charge in [-0.25, -0.2) is 4.79 Å². The number of halogens is 6. The fourth-order valence-electron chi connectivity index (χ4n) is 0. The molecule has 0 rings (SSSR count). The molecule has 0 bridgehead atoms. The highest BCUT2D eigenvalue weighted by Crippen LogP contribution is 2.13. The van der Waals surface area contributed by atoms with E-state index in [4.69, 9.17) is 33.1 Å². The van der Waals surface area contributed by atoms with Gasteiger partial charge < -0.3 is 5.11 Å². The lowest BCUT2D eigenvalue weighted by molar-refractivity contribution is -0.192. The van der Waals surface area contributed by atoms with Crippen molar-refractivity contribution in [3.63, 3.8) is 0 Å². The van der Waals surface area contributed by atoms with E-state index in [1.165, 1.54) is 0 Å². The van der Waals surface area contributed by atoms with Crippen molar-refractivity contribution in [2.75, 3.05) is 5.34 Å². The minimum Gasteiger partial charge on any atom is -0.475 e. The predicted molar refractivity (Wildman–Crippen MR) is 62.5 cm³/mol. The normalized spacial score (nSPS) is 10.5. The summed E-state index contributed by atoms with van der Waals surface area (Å²) < 4.78 is 31.7. The molecule has 0 aliphatic carbocycles. The van der Waals surface area contributed by atoms with E-state index in [2.05, 4.69) is 34.9 Å². The Morgan fingerprint density at radius 1 is 1.33 bits per heavy atom. The van der Waals surface area contributed by atoms with Crippen molar-refractivity contribution in [1.82, 2.24) is 0 Å². The Kier molecular flexibility index (Phi) is 13.6. The highest BCUT2D eigenvalue weighted by Gasteiger charge is 2.38. The molecule has 0 amide bonds. The number of carbonyl (C=O) groups is 1. The second-order valence-corrected chi connectivity index (χ2v) is 15.0. The molecule has 1 N–H and O–H groups in total. The molecule has 0 aromatic heterocycles. The maximum absolute atomic E-state index is 10.6. The number of carboxylic acids is 1. The zero-order valence-corrected chi connectivity index (χ0v) is 12.4. The maximum atomic E-state index is 10.6. The standard InChI is InChI=1S/C3H9BrSi.C2HF3O2.CH2Cl2/c1-5(2,3)4;3-2(4,5)1(6)7;2-1-3/h1-3H3;(H,6,7);1H2. The van der Waals surface area contributed by atoms with Crippen LogP contribution in [0.15, 0.2) is 0 Å². The molecule has 0 atom stereocenters. The SMILES string of the molecule is C[Si](C)(C)Br.ClCCl.O=C(O)C(F)(F)F. The summed E-state index contributed by atoms with van der Waals surface area (Å²) in [6.45, 7) is 5.93. The van der Waals surface area contributed by atoms with E-state index in [1.54, 1.807) is 0 Å². The summed E-state index contributed by atoms with van der Waals surface area (Å²) >= 11 is 13.0. The van der Waals surface area contributed by atoms with Crippen molar-refractivity contribution in [3.05, 3.63) is 0 Å². The van der Waals surface area contributed by atoms with E-state index in [0.717, 1.165) is 0 Å². The summed E-state index contributed by atoms with van der Waals surface area (Å²) in [4.78, 5) is 8.90. The molecule has 0 aromatic rings. The topological polar surface area (TPSA) is 37.3 Å². The van der Waals surface area contributed by atoms with Crippen molar-refractivity contribution in [1.29, 1.82) is 0 Å². The fraction of sp³-hybridized carbons (Fsp3) is 0.833. The van der Waals surface area contributed by atoms with E-state index < -0.39 is 18.8 Å². The third-order valence-electron chi connectivity index (χ3n) is 0.243. The van der Waals surface area contributed by atoms with Gasteiger partial charge in [-0.2, -0.15) is 13.2 Å². The monoisotopic (exact) mass is 350 g/mol. The first-order valence-electron chi connectivity index (χ1n) is 3.47. The summed E-state index contributed by atoms with van der Waals surface area (Å²) in [5, 5.41) is 7.32. The number of aliphatic carboxylic acids is 1. The maximum Gasteiger partial charge on any atom is 0.490 e. The Labute approximate surface area is 105 Å². The number of alkyl halides is 5. The van der Waals surface area contributed by atoms with Gasteiger partial charge in [0.2, 0.25) is 0 Å². The Bertz CT molecular complexity index is 167.